The van der Waals surface area contributed by atoms with E-state index in [2.05, 4.69) is 5.10 Å². The van der Waals surface area contributed by atoms with Crippen molar-refractivity contribution in [3.05, 3.63) is 36.0 Å². The molecule has 2 N–H and O–H groups in total. The number of nitrogen functional groups attached to an aromatic ring is 1. The number of rotatable bonds is 3. The van der Waals surface area contributed by atoms with Gasteiger partial charge in [-0.15, -0.1) is 0 Å². The molecule has 17 heavy (non-hydrogen) atoms. The van der Waals surface area contributed by atoms with E-state index in [1.54, 1.807) is 37.5 Å². The summed E-state index contributed by atoms with van der Waals surface area (Å²) in [6.45, 7) is 0. The van der Waals surface area contributed by atoms with E-state index in [1.165, 1.54) is 4.68 Å². The minimum absolute atomic E-state index is 0.273. The summed E-state index contributed by atoms with van der Waals surface area (Å²) in [6, 6.07) is 7.02. The molecule has 0 saturated heterocycles. The lowest BCUT2D eigenvalue weighted by molar-refractivity contribution is 0.149. The highest BCUT2D eigenvalue weighted by molar-refractivity contribution is 5.76. The maximum absolute atomic E-state index is 12.5. The van der Waals surface area contributed by atoms with Gasteiger partial charge in [-0.2, -0.15) is 5.10 Å². The molecule has 0 atom stereocenters. The highest BCUT2D eigenvalue weighted by atomic mass is 19.3. The van der Waals surface area contributed by atoms with E-state index in [4.69, 9.17) is 5.73 Å². The lowest BCUT2D eigenvalue weighted by Crippen LogP contribution is -2.01. The van der Waals surface area contributed by atoms with Gasteiger partial charge in [0.15, 0.2) is 0 Å². The summed E-state index contributed by atoms with van der Waals surface area (Å²) in [4.78, 5) is 0. The SMILES string of the molecule is Cn1ncc(-c2ccccc2CC(F)F)c1N. The molecule has 0 fully saturated rings. The fourth-order valence-corrected chi connectivity index (χ4v) is 1.78. The molecule has 0 unspecified atom stereocenters. The Balaban J connectivity index is 2.48. The smallest absolute Gasteiger partial charge is 0.242 e. The zero-order chi connectivity index (χ0) is 12.4. The zero-order valence-electron chi connectivity index (χ0n) is 9.40. The third kappa shape index (κ3) is 2.27. The first kappa shape index (κ1) is 11.6. The number of aromatic nitrogens is 2. The second-order valence-electron chi connectivity index (χ2n) is 3.82. The topological polar surface area (TPSA) is 43.8 Å². The Labute approximate surface area is 97.9 Å². The first-order chi connectivity index (χ1) is 8.09. The molecule has 5 heteroatoms. The van der Waals surface area contributed by atoms with Gasteiger partial charge in [0.05, 0.1) is 6.20 Å². The van der Waals surface area contributed by atoms with E-state index in [0.29, 0.717) is 16.9 Å². The maximum atomic E-state index is 12.5. The van der Waals surface area contributed by atoms with Crippen LogP contribution in [0.1, 0.15) is 5.56 Å². The Bertz CT molecular complexity index is 520. The zero-order valence-corrected chi connectivity index (χ0v) is 9.40. The molecular weight excluding hydrogens is 224 g/mol. The molecule has 1 aromatic heterocycles. The van der Waals surface area contributed by atoms with Crippen LogP contribution in [0, 0.1) is 0 Å². The standard InChI is InChI=1S/C12H13F2N3/c1-17-12(15)10(7-16-17)9-5-3-2-4-8(9)6-11(13)14/h2-5,7,11H,6,15H2,1H3. The predicted molar refractivity (Wildman–Crippen MR) is 62.8 cm³/mol. The largest absolute Gasteiger partial charge is 0.383 e. The molecule has 2 rings (SSSR count). The summed E-state index contributed by atoms with van der Waals surface area (Å²) in [5.41, 5.74) is 7.85. The van der Waals surface area contributed by atoms with Crippen LogP contribution in [-0.2, 0) is 13.5 Å². The molecule has 0 aliphatic carbocycles. The van der Waals surface area contributed by atoms with Crippen LogP contribution in [0.15, 0.2) is 30.5 Å². The number of nitrogens with two attached hydrogens (primary N) is 1. The number of hydrogen-bond acceptors (Lipinski definition) is 2. The number of alkyl halides is 2. The van der Waals surface area contributed by atoms with Crippen LogP contribution in [0.25, 0.3) is 11.1 Å². The van der Waals surface area contributed by atoms with E-state index in [-0.39, 0.29) is 6.42 Å². The van der Waals surface area contributed by atoms with Gasteiger partial charge in [-0.25, -0.2) is 8.78 Å². The molecule has 0 amide bonds. The van der Waals surface area contributed by atoms with E-state index < -0.39 is 6.43 Å². The van der Waals surface area contributed by atoms with Crippen molar-refractivity contribution >= 4 is 5.82 Å². The average Bonchev–Trinajstić information content (AvgIpc) is 2.60. The van der Waals surface area contributed by atoms with Crippen LogP contribution in [0.4, 0.5) is 14.6 Å². The summed E-state index contributed by atoms with van der Waals surface area (Å²) >= 11 is 0. The Morgan fingerprint density at radius 3 is 2.59 bits per heavy atom. The summed E-state index contributed by atoms with van der Waals surface area (Å²) in [7, 11) is 1.72. The first-order valence-electron chi connectivity index (χ1n) is 5.23. The summed E-state index contributed by atoms with van der Waals surface area (Å²) in [6.07, 6.45) is -1.04. The molecule has 0 bridgehead atoms. The van der Waals surface area contributed by atoms with Crippen molar-refractivity contribution in [2.45, 2.75) is 12.8 Å². The van der Waals surface area contributed by atoms with Gasteiger partial charge in [0.25, 0.3) is 0 Å². The van der Waals surface area contributed by atoms with E-state index in [0.717, 1.165) is 5.56 Å². The predicted octanol–water partition coefficient (Wildman–Crippen LogP) is 2.48. The van der Waals surface area contributed by atoms with Crippen LogP contribution in [-0.4, -0.2) is 16.2 Å². The number of anilines is 1. The van der Waals surface area contributed by atoms with Gasteiger partial charge >= 0.3 is 0 Å². The highest BCUT2D eigenvalue weighted by Crippen LogP contribution is 2.29. The van der Waals surface area contributed by atoms with Crippen molar-refractivity contribution in [1.82, 2.24) is 9.78 Å². The van der Waals surface area contributed by atoms with Gasteiger partial charge in [-0.05, 0) is 11.1 Å². The van der Waals surface area contributed by atoms with Crippen molar-refractivity contribution < 1.29 is 8.78 Å². The van der Waals surface area contributed by atoms with Crippen LogP contribution in [0.3, 0.4) is 0 Å². The third-order valence-electron chi connectivity index (χ3n) is 2.67. The molecule has 0 spiro atoms. The van der Waals surface area contributed by atoms with Crippen LogP contribution < -0.4 is 5.73 Å². The van der Waals surface area contributed by atoms with Crippen molar-refractivity contribution in [3.8, 4) is 11.1 Å². The maximum Gasteiger partial charge on any atom is 0.242 e. The molecule has 3 nitrogen and oxygen atoms in total. The average molecular weight is 237 g/mol. The van der Waals surface area contributed by atoms with E-state index >= 15 is 0 Å². The van der Waals surface area contributed by atoms with Crippen molar-refractivity contribution in [3.63, 3.8) is 0 Å². The van der Waals surface area contributed by atoms with Gasteiger partial charge in [0, 0.05) is 19.0 Å². The van der Waals surface area contributed by atoms with Gasteiger partial charge in [-0.1, -0.05) is 24.3 Å². The van der Waals surface area contributed by atoms with E-state index in [9.17, 15) is 8.78 Å². The van der Waals surface area contributed by atoms with Gasteiger partial charge < -0.3 is 5.73 Å². The summed E-state index contributed by atoms with van der Waals surface area (Å²) < 4.78 is 26.5. The molecule has 1 heterocycles. The summed E-state index contributed by atoms with van der Waals surface area (Å²) in [5.74, 6) is 0.478. The van der Waals surface area contributed by atoms with Crippen molar-refractivity contribution in [1.29, 1.82) is 0 Å². The second kappa shape index (κ2) is 4.53. The number of benzene rings is 1. The molecule has 0 aliphatic heterocycles. The fraction of sp³-hybridized carbons (Fsp3) is 0.250. The van der Waals surface area contributed by atoms with E-state index in [1.807, 2.05) is 0 Å². The van der Waals surface area contributed by atoms with Gasteiger partial charge in [-0.3, -0.25) is 4.68 Å². The molecule has 1 aromatic carbocycles. The van der Waals surface area contributed by atoms with Gasteiger partial charge in [0.1, 0.15) is 5.82 Å². The Morgan fingerprint density at radius 2 is 2.00 bits per heavy atom. The number of nitrogens with zero attached hydrogens (tertiary/aromatic N) is 2. The monoisotopic (exact) mass is 237 g/mol. The second-order valence-corrected chi connectivity index (χ2v) is 3.82. The van der Waals surface area contributed by atoms with Crippen LogP contribution >= 0.6 is 0 Å². The third-order valence-corrected chi connectivity index (χ3v) is 2.67. The minimum Gasteiger partial charge on any atom is -0.383 e. The molecular formula is C12H13F2N3. The summed E-state index contributed by atoms with van der Waals surface area (Å²) in [5, 5.41) is 4.02. The molecule has 0 saturated carbocycles. The number of aryl methyl sites for hydroxylation is 1. The fourth-order valence-electron chi connectivity index (χ4n) is 1.78. The van der Waals surface area contributed by atoms with Crippen LogP contribution in [0.2, 0.25) is 0 Å². The van der Waals surface area contributed by atoms with Crippen molar-refractivity contribution in [2.24, 2.45) is 7.05 Å². The molecule has 0 aliphatic rings. The molecule has 0 radical (unpaired) electrons. The van der Waals surface area contributed by atoms with Crippen LogP contribution in [0.5, 0.6) is 0 Å². The van der Waals surface area contributed by atoms with Gasteiger partial charge in [0.2, 0.25) is 6.43 Å². The molecule has 90 valence electrons. The number of halogens is 2. The highest BCUT2D eigenvalue weighted by Gasteiger charge is 2.14. The lowest BCUT2D eigenvalue weighted by atomic mass is 10.00. The van der Waals surface area contributed by atoms with Crippen molar-refractivity contribution in [2.75, 3.05) is 5.73 Å². The Hall–Kier alpha value is -1.91. The number of hydrogen-bond donors (Lipinski definition) is 1. The minimum atomic E-state index is -2.37. The first-order valence-corrected chi connectivity index (χ1v) is 5.23. The molecule has 2 aromatic rings. The normalized spacial score (nSPS) is 11.1. The quantitative estimate of drug-likeness (QED) is 0.891. The Morgan fingerprint density at radius 1 is 1.29 bits per heavy atom. The Kier molecular flexibility index (Phi) is 3.08. The lowest BCUT2D eigenvalue weighted by Gasteiger charge is -2.08.